The van der Waals surface area contributed by atoms with E-state index >= 15 is 0 Å². The van der Waals surface area contributed by atoms with E-state index in [4.69, 9.17) is 0 Å². The Morgan fingerprint density at radius 1 is 1.30 bits per heavy atom. The van der Waals surface area contributed by atoms with Gasteiger partial charge in [-0.3, -0.25) is 4.68 Å². The SMILES string of the molecule is Cc1cc([N+](=O)[O-])nn1Cc1nc2c3cnn(C)c3ncn2n1. The maximum absolute atomic E-state index is 10.8. The maximum Gasteiger partial charge on any atom is 0.390 e. The minimum Gasteiger partial charge on any atom is -0.358 e. The lowest BCUT2D eigenvalue weighted by molar-refractivity contribution is -0.389. The summed E-state index contributed by atoms with van der Waals surface area (Å²) >= 11 is 0. The summed E-state index contributed by atoms with van der Waals surface area (Å²) < 4.78 is 4.72. The molecule has 0 radical (unpaired) electrons. The molecule has 4 aromatic heterocycles. The zero-order valence-electron chi connectivity index (χ0n) is 12.3. The van der Waals surface area contributed by atoms with Crippen molar-refractivity contribution in [3.63, 3.8) is 0 Å². The van der Waals surface area contributed by atoms with Gasteiger partial charge in [0.05, 0.1) is 28.4 Å². The summed E-state index contributed by atoms with van der Waals surface area (Å²) in [5, 5.41) is 24.0. The molecule has 0 saturated carbocycles. The minimum atomic E-state index is -0.524. The third kappa shape index (κ3) is 2.01. The van der Waals surface area contributed by atoms with Gasteiger partial charge in [0.2, 0.25) is 0 Å². The number of aryl methyl sites for hydroxylation is 2. The van der Waals surface area contributed by atoms with Crippen LogP contribution < -0.4 is 0 Å². The first-order chi connectivity index (χ1) is 11.0. The van der Waals surface area contributed by atoms with Gasteiger partial charge >= 0.3 is 5.82 Å². The van der Waals surface area contributed by atoms with Gasteiger partial charge in [0.1, 0.15) is 12.9 Å². The smallest absolute Gasteiger partial charge is 0.358 e. The molecular weight excluding hydrogens is 302 g/mol. The van der Waals surface area contributed by atoms with Crippen LogP contribution in [0.5, 0.6) is 0 Å². The standard InChI is InChI=1S/C12H11N9O2/c1-7-3-10(21(22)23)17-19(7)5-9-15-12-8-4-14-18(2)11(8)13-6-20(12)16-9/h3-4,6H,5H2,1-2H3. The summed E-state index contributed by atoms with van der Waals surface area (Å²) in [6.07, 6.45) is 3.24. The van der Waals surface area contributed by atoms with Gasteiger partial charge in [-0.2, -0.15) is 9.78 Å². The molecule has 0 unspecified atom stereocenters. The van der Waals surface area contributed by atoms with Crippen LogP contribution in [0.2, 0.25) is 0 Å². The predicted molar refractivity (Wildman–Crippen MR) is 77.8 cm³/mol. The van der Waals surface area contributed by atoms with Crippen LogP contribution in [0.3, 0.4) is 0 Å². The van der Waals surface area contributed by atoms with Crippen molar-refractivity contribution in [3.05, 3.63) is 40.2 Å². The van der Waals surface area contributed by atoms with Crippen molar-refractivity contribution < 1.29 is 4.92 Å². The molecule has 11 heteroatoms. The van der Waals surface area contributed by atoms with E-state index in [0.29, 0.717) is 22.8 Å². The molecule has 0 bridgehead atoms. The van der Waals surface area contributed by atoms with Gasteiger partial charge in [-0.15, -0.1) is 5.10 Å². The molecule has 4 rings (SSSR count). The number of hydrogen-bond donors (Lipinski definition) is 0. The Bertz CT molecular complexity index is 1060. The van der Waals surface area contributed by atoms with Crippen LogP contribution in [0.4, 0.5) is 5.82 Å². The van der Waals surface area contributed by atoms with Crippen LogP contribution in [0.1, 0.15) is 11.5 Å². The van der Waals surface area contributed by atoms with E-state index < -0.39 is 4.92 Å². The number of aromatic nitrogens is 8. The summed E-state index contributed by atoms with van der Waals surface area (Å²) in [6, 6.07) is 1.41. The maximum atomic E-state index is 10.8. The van der Waals surface area contributed by atoms with Crippen molar-refractivity contribution in [2.24, 2.45) is 7.05 Å². The third-order valence-corrected chi connectivity index (χ3v) is 3.56. The predicted octanol–water partition coefficient (Wildman–Crippen LogP) is 0.472. The van der Waals surface area contributed by atoms with E-state index in [-0.39, 0.29) is 12.4 Å². The Kier molecular flexibility index (Phi) is 2.64. The molecule has 0 aliphatic rings. The lowest BCUT2D eigenvalue weighted by Gasteiger charge is -1.93. The molecule has 116 valence electrons. The molecule has 0 aliphatic heterocycles. The van der Waals surface area contributed by atoms with Gasteiger partial charge in [0.25, 0.3) is 0 Å². The summed E-state index contributed by atoms with van der Waals surface area (Å²) in [5.41, 5.74) is 2.01. The van der Waals surface area contributed by atoms with Crippen molar-refractivity contribution in [2.75, 3.05) is 0 Å². The summed E-state index contributed by atoms with van der Waals surface area (Å²) in [4.78, 5) is 19.0. The molecule has 11 nitrogen and oxygen atoms in total. The van der Waals surface area contributed by atoms with Crippen LogP contribution in [-0.2, 0) is 13.6 Å². The highest BCUT2D eigenvalue weighted by atomic mass is 16.6. The molecule has 0 fully saturated rings. The fourth-order valence-corrected chi connectivity index (χ4v) is 2.43. The Morgan fingerprint density at radius 2 is 2.13 bits per heavy atom. The van der Waals surface area contributed by atoms with Gasteiger partial charge in [-0.05, 0) is 11.8 Å². The van der Waals surface area contributed by atoms with E-state index in [1.54, 1.807) is 35.7 Å². The van der Waals surface area contributed by atoms with Crippen molar-refractivity contribution in [2.45, 2.75) is 13.5 Å². The van der Waals surface area contributed by atoms with E-state index in [1.807, 2.05) is 0 Å². The fourth-order valence-electron chi connectivity index (χ4n) is 2.43. The van der Waals surface area contributed by atoms with Gasteiger partial charge < -0.3 is 10.1 Å². The Balaban J connectivity index is 1.77. The molecule has 0 aromatic carbocycles. The second-order valence-corrected chi connectivity index (χ2v) is 5.10. The highest BCUT2D eigenvalue weighted by molar-refractivity contribution is 5.88. The molecule has 0 aliphatic carbocycles. The minimum absolute atomic E-state index is 0.192. The molecule has 0 spiro atoms. The third-order valence-electron chi connectivity index (χ3n) is 3.56. The molecule has 0 saturated heterocycles. The lowest BCUT2D eigenvalue weighted by atomic mass is 10.4. The van der Waals surface area contributed by atoms with Crippen molar-refractivity contribution in [3.8, 4) is 0 Å². The molecule has 4 aromatic rings. The summed E-state index contributed by atoms with van der Waals surface area (Å²) in [5.74, 6) is 0.298. The number of rotatable bonds is 3. The monoisotopic (exact) mass is 313 g/mol. The average molecular weight is 313 g/mol. The molecular formula is C12H11N9O2. The number of hydrogen-bond acceptors (Lipinski definition) is 7. The normalized spacial score (nSPS) is 11.6. The van der Waals surface area contributed by atoms with Gasteiger partial charge in [-0.25, -0.2) is 14.5 Å². The number of fused-ring (bicyclic) bond motifs is 3. The summed E-state index contributed by atoms with van der Waals surface area (Å²) in [7, 11) is 1.80. The lowest BCUT2D eigenvalue weighted by Crippen LogP contribution is -2.06. The molecule has 23 heavy (non-hydrogen) atoms. The van der Waals surface area contributed by atoms with Gasteiger partial charge in [-0.1, -0.05) is 0 Å². The zero-order chi connectivity index (χ0) is 16.1. The van der Waals surface area contributed by atoms with Gasteiger partial charge in [0.15, 0.2) is 17.1 Å². The van der Waals surface area contributed by atoms with E-state index in [9.17, 15) is 10.1 Å². The Hall–Kier alpha value is -3.37. The van der Waals surface area contributed by atoms with E-state index in [2.05, 4.69) is 25.3 Å². The van der Waals surface area contributed by atoms with E-state index in [1.165, 1.54) is 10.7 Å². The molecule has 0 N–H and O–H groups in total. The molecule has 0 atom stereocenters. The van der Waals surface area contributed by atoms with Crippen molar-refractivity contribution >= 4 is 22.5 Å². The van der Waals surface area contributed by atoms with Crippen LogP contribution >= 0.6 is 0 Å². The first-order valence-corrected chi connectivity index (χ1v) is 6.74. The van der Waals surface area contributed by atoms with Crippen LogP contribution in [0, 0.1) is 17.0 Å². The molecule has 4 heterocycles. The highest BCUT2D eigenvalue weighted by Gasteiger charge is 2.18. The molecule has 0 amide bonds. The first kappa shape index (κ1) is 13.3. The van der Waals surface area contributed by atoms with Crippen LogP contribution in [0.25, 0.3) is 16.7 Å². The number of nitro groups is 1. The average Bonchev–Trinajstić information content (AvgIpc) is 3.17. The van der Waals surface area contributed by atoms with Crippen molar-refractivity contribution in [1.82, 2.24) is 39.1 Å². The van der Waals surface area contributed by atoms with Crippen molar-refractivity contribution in [1.29, 1.82) is 0 Å². The largest absolute Gasteiger partial charge is 0.390 e. The van der Waals surface area contributed by atoms with Crippen LogP contribution in [0.15, 0.2) is 18.6 Å². The second kappa shape index (κ2) is 4.56. The fraction of sp³-hybridized carbons (Fsp3) is 0.250. The zero-order valence-corrected chi connectivity index (χ0v) is 12.3. The first-order valence-electron chi connectivity index (χ1n) is 6.74. The van der Waals surface area contributed by atoms with Crippen LogP contribution in [-0.4, -0.2) is 44.1 Å². The van der Waals surface area contributed by atoms with E-state index in [0.717, 1.165) is 5.39 Å². The Labute approximate surface area is 128 Å². The van der Waals surface area contributed by atoms with Gasteiger partial charge in [0, 0.05) is 7.05 Å². The summed E-state index contributed by atoms with van der Waals surface area (Å²) in [6.45, 7) is 1.99. The second-order valence-electron chi connectivity index (χ2n) is 5.10. The highest BCUT2D eigenvalue weighted by Crippen LogP contribution is 2.16. The Morgan fingerprint density at radius 3 is 2.87 bits per heavy atom. The topological polar surface area (TPSA) is 122 Å². The number of nitrogens with zero attached hydrogens (tertiary/aromatic N) is 9. The quantitative estimate of drug-likeness (QED) is 0.398.